The van der Waals surface area contributed by atoms with Crippen molar-refractivity contribution < 1.29 is 9.47 Å². The first-order chi connectivity index (χ1) is 13.2. The van der Waals surface area contributed by atoms with Crippen molar-refractivity contribution in [2.75, 3.05) is 19.7 Å². The lowest BCUT2D eigenvalue weighted by Gasteiger charge is -2.32. The van der Waals surface area contributed by atoms with Gasteiger partial charge in [0.1, 0.15) is 11.8 Å². The first kappa shape index (κ1) is 17.0. The zero-order chi connectivity index (χ0) is 18.3. The Morgan fingerprint density at radius 2 is 2.11 bits per heavy atom. The molecule has 0 bridgehead atoms. The quantitative estimate of drug-likeness (QED) is 0.750. The number of hydrogen-bond acceptors (Lipinski definition) is 5. The van der Waals surface area contributed by atoms with Crippen molar-refractivity contribution in [2.45, 2.75) is 31.0 Å². The molecular formula is C20H21ClN4O2. The van der Waals surface area contributed by atoms with Gasteiger partial charge in [-0.3, -0.25) is 4.40 Å². The molecule has 1 N–H and O–H groups in total. The fourth-order valence-electron chi connectivity index (χ4n) is 4.05. The highest BCUT2D eigenvalue weighted by atomic mass is 35.5. The van der Waals surface area contributed by atoms with E-state index in [0.29, 0.717) is 17.5 Å². The van der Waals surface area contributed by atoms with Crippen LogP contribution in [0.1, 0.15) is 19.3 Å². The van der Waals surface area contributed by atoms with Crippen molar-refractivity contribution in [2.24, 2.45) is 0 Å². The zero-order valence-corrected chi connectivity index (χ0v) is 15.7. The molecule has 2 fully saturated rings. The van der Waals surface area contributed by atoms with E-state index in [2.05, 4.69) is 10.3 Å². The molecule has 0 amide bonds. The number of rotatable bonds is 3. The first-order valence-corrected chi connectivity index (χ1v) is 9.70. The Hall–Kier alpha value is -2.15. The average molecular weight is 385 g/mol. The minimum absolute atomic E-state index is 0.0219. The number of nitrogens with one attached hydrogen (secondary N) is 1. The molecule has 1 spiro atoms. The Morgan fingerprint density at radius 1 is 1.22 bits per heavy atom. The number of fused-ring (bicyclic) bond motifs is 1. The van der Waals surface area contributed by atoms with Crippen LogP contribution in [0, 0.1) is 0 Å². The summed E-state index contributed by atoms with van der Waals surface area (Å²) in [5.41, 5.74) is 2.50. The van der Waals surface area contributed by atoms with Crippen LogP contribution < -0.4 is 10.1 Å². The molecule has 2 saturated heterocycles. The molecule has 2 aliphatic heterocycles. The van der Waals surface area contributed by atoms with Crippen LogP contribution in [0.4, 0.5) is 0 Å². The second-order valence-electron chi connectivity index (χ2n) is 7.27. The highest BCUT2D eigenvalue weighted by molar-refractivity contribution is 6.30. The molecule has 3 aromatic heterocycles. The number of ether oxygens (including phenoxy) is 2. The summed E-state index contributed by atoms with van der Waals surface area (Å²) >= 11 is 6.14. The van der Waals surface area contributed by atoms with Crippen molar-refractivity contribution in [3.05, 3.63) is 47.7 Å². The number of nitrogens with zero attached hydrogens (tertiary/aromatic N) is 3. The number of halogens is 1. The van der Waals surface area contributed by atoms with Crippen LogP contribution in [-0.4, -0.2) is 45.8 Å². The Morgan fingerprint density at radius 3 is 3.00 bits per heavy atom. The summed E-state index contributed by atoms with van der Waals surface area (Å²) in [4.78, 5) is 9.12. The Kier molecular flexibility index (Phi) is 4.27. The molecule has 0 saturated carbocycles. The van der Waals surface area contributed by atoms with Crippen LogP contribution in [-0.2, 0) is 4.74 Å². The molecule has 6 nitrogen and oxygen atoms in total. The molecule has 3 aromatic rings. The van der Waals surface area contributed by atoms with E-state index >= 15 is 0 Å². The maximum atomic E-state index is 6.17. The van der Waals surface area contributed by atoms with Gasteiger partial charge in [-0.15, -0.1) is 0 Å². The number of aromatic nitrogens is 3. The lowest BCUT2D eigenvalue weighted by molar-refractivity contribution is -0.0205. The van der Waals surface area contributed by atoms with Gasteiger partial charge in [-0.1, -0.05) is 17.7 Å². The predicted molar refractivity (Wildman–Crippen MR) is 103 cm³/mol. The van der Waals surface area contributed by atoms with Crippen molar-refractivity contribution in [1.82, 2.24) is 19.7 Å². The summed E-state index contributed by atoms with van der Waals surface area (Å²) in [6.07, 6.45) is 6.71. The second kappa shape index (κ2) is 6.78. The van der Waals surface area contributed by atoms with Gasteiger partial charge < -0.3 is 14.8 Å². The molecule has 2 aliphatic rings. The minimum Gasteiger partial charge on any atom is -0.472 e. The van der Waals surface area contributed by atoms with E-state index in [0.717, 1.165) is 49.4 Å². The zero-order valence-electron chi connectivity index (χ0n) is 14.9. The van der Waals surface area contributed by atoms with E-state index in [9.17, 15) is 0 Å². The summed E-state index contributed by atoms with van der Waals surface area (Å²) in [5.74, 6) is 0.615. The highest BCUT2D eigenvalue weighted by Gasteiger charge is 2.42. The molecule has 1 atom stereocenters. The normalized spacial score (nSPS) is 21.7. The predicted octanol–water partition coefficient (Wildman–Crippen LogP) is 3.34. The third kappa shape index (κ3) is 3.29. The summed E-state index contributed by atoms with van der Waals surface area (Å²) in [6, 6.07) is 9.53. The fraction of sp³-hybridized carbons (Fsp3) is 0.400. The van der Waals surface area contributed by atoms with Gasteiger partial charge in [0, 0.05) is 18.7 Å². The second-order valence-corrected chi connectivity index (χ2v) is 7.70. The van der Waals surface area contributed by atoms with Crippen LogP contribution in [0.2, 0.25) is 5.02 Å². The number of pyridine rings is 2. The fourth-order valence-corrected chi connectivity index (χ4v) is 4.21. The monoisotopic (exact) mass is 384 g/mol. The molecule has 27 heavy (non-hydrogen) atoms. The number of hydrogen-bond donors (Lipinski definition) is 1. The maximum absolute atomic E-state index is 6.17. The number of imidazole rings is 1. The lowest BCUT2D eigenvalue weighted by atomic mass is 9.89. The van der Waals surface area contributed by atoms with Crippen molar-refractivity contribution in [1.29, 1.82) is 0 Å². The maximum Gasteiger partial charge on any atom is 0.214 e. The summed E-state index contributed by atoms with van der Waals surface area (Å²) in [7, 11) is 0. The van der Waals surface area contributed by atoms with Crippen LogP contribution in [0.5, 0.6) is 5.88 Å². The van der Waals surface area contributed by atoms with E-state index in [4.69, 9.17) is 26.1 Å². The van der Waals surface area contributed by atoms with E-state index in [1.165, 1.54) is 0 Å². The van der Waals surface area contributed by atoms with Gasteiger partial charge in [-0.05, 0) is 44.1 Å². The largest absolute Gasteiger partial charge is 0.472 e. The van der Waals surface area contributed by atoms with E-state index in [1.54, 1.807) is 6.20 Å². The molecular weight excluding hydrogens is 364 g/mol. The standard InChI is InChI=1S/C20H21ClN4O2/c21-14-4-5-18-23-11-17(25(18)12-14)16-2-1-3-19(24-16)27-15-10-20(26-13-15)6-8-22-9-7-20/h1-5,11-12,15,22H,6-10,13H2/t15-/m1/s1. The van der Waals surface area contributed by atoms with Gasteiger partial charge in [-0.2, -0.15) is 0 Å². The van der Waals surface area contributed by atoms with E-state index in [-0.39, 0.29) is 11.7 Å². The summed E-state index contributed by atoms with van der Waals surface area (Å²) < 4.78 is 14.2. The molecule has 7 heteroatoms. The lowest BCUT2D eigenvalue weighted by Crippen LogP contribution is -2.41. The molecule has 5 heterocycles. The van der Waals surface area contributed by atoms with Crippen molar-refractivity contribution in [3.63, 3.8) is 0 Å². The average Bonchev–Trinajstić information content (AvgIpc) is 3.27. The van der Waals surface area contributed by atoms with Gasteiger partial charge in [-0.25, -0.2) is 9.97 Å². The van der Waals surface area contributed by atoms with Gasteiger partial charge >= 0.3 is 0 Å². The molecule has 0 aliphatic carbocycles. The SMILES string of the molecule is Clc1ccc2ncc(-c3cccc(O[C@H]4COC5(CCNCC5)C4)n3)n2c1. The minimum atomic E-state index is -0.0219. The van der Waals surface area contributed by atoms with Crippen molar-refractivity contribution in [3.8, 4) is 17.3 Å². The summed E-state index contributed by atoms with van der Waals surface area (Å²) in [6.45, 7) is 2.64. The number of piperidine rings is 1. The van der Waals surface area contributed by atoms with E-state index in [1.807, 2.05) is 40.9 Å². The smallest absolute Gasteiger partial charge is 0.214 e. The van der Waals surface area contributed by atoms with Crippen LogP contribution in [0.15, 0.2) is 42.7 Å². The Balaban J connectivity index is 1.37. The molecule has 0 unspecified atom stereocenters. The Bertz CT molecular complexity index is 968. The van der Waals surface area contributed by atoms with Gasteiger partial charge in [0.25, 0.3) is 0 Å². The van der Waals surface area contributed by atoms with Gasteiger partial charge in [0.15, 0.2) is 0 Å². The third-order valence-electron chi connectivity index (χ3n) is 5.43. The molecule has 0 aromatic carbocycles. The first-order valence-electron chi connectivity index (χ1n) is 9.32. The van der Waals surface area contributed by atoms with Crippen molar-refractivity contribution >= 4 is 17.2 Å². The van der Waals surface area contributed by atoms with E-state index < -0.39 is 0 Å². The highest BCUT2D eigenvalue weighted by Crippen LogP contribution is 2.35. The third-order valence-corrected chi connectivity index (χ3v) is 5.66. The Labute approximate surface area is 162 Å². The van der Waals surface area contributed by atoms with Gasteiger partial charge in [0.2, 0.25) is 5.88 Å². The molecule has 5 rings (SSSR count). The van der Waals surface area contributed by atoms with Crippen LogP contribution >= 0.6 is 11.6 Å². The topological polar surface area (TPSA) is 60.7 Å². The molecule has 140 valence electrons. The van der Waals surface area contributed by atoms with Gasteiger partial charge in [0.05, 0.1) is 34.8 Å². The molecule has 0 radical (unpaired) electrons. The van der Waals surface area contributed by atoms with Crippen LogP contribution in [0.3, 0.4) is 0 Å². The summed E-state index contributed by atoms with van der Waals surface area (Å²) in [5, 5.41) is 4.05. The van der Waals surface area contributed by atoms with Crippen LogP contribution in [0.25, 0.3) is 17.0 Å².